The van der Waals surface area contributed by atoms with Crippen molar-refractivity contribution >= 4 is 41.0 Å². The van der Waals surface area contributed by atoms with E-state index in [9.17, 15) is 4.79 Å². The summed E-state index contributed by atoms with van der Waals surface area (Å²) in [6.07, 6.45) is 5.34. The first-order chi connectivity index (χ1) is 9.67. The summed E-state index contributed by atoms with van der Waals surface area (Å²) < 4.78 is 0. The lowest BCUT2D eigenvalue weighted by atomic mass is 10.2. The van der Waals surface area contributed by atoms with Gasteiger partial charge in [-0.1, -0.05) is 23.7 Å². The van der Waals surface area contributed by atoms with Gasteiger partial charge in [-0.2, -0.15) is 0 Å². The van der Waals surface area contributed by atoms with Gasteiger partial charge in [-0.15, -0.1) is 11.8 Å². The first kappa shape index (κ1) is 14.7. The van der Waals surface area contributed by atoms with Crippen molar-refractivity contribution in [2.45, 2.75) is 4.90 Å². The van der Waals surface area contributed by atoms with Gasteiger partial charge in [0.1, 0.15) is 0 Å². The lowest BCUT2D eigenvalue weighted by Crippen LogP contribution is -2.07. The van der Waals surface area contributed by atoms with E-state index >= 15 is 0 Å². The van der Waals surface area contributed by atoms with Crippen molar-refractivity contribution in [2.75, 3.05) is 11.6 Å². The van der Waals surface area contributed by atoms with Crippen LogP contribution in [0.5, 0.6) is 0 Å². The molecule has 1 N–H and O–H groups in total. The molecule has 0 radical (unpaired) electrons. The van der Waals surface area contributed by atoms with Gasteiger partial charge < -0.3 is 5.32 Å². The summed E-state index contributed by atoms with van der Waals surface area (Å²) in [5.74, 6) is -0.165. The molecular formula is C16H14ClNOS. The highest BCUT2D eigenvalue weighted by Crippen LogP contribution is 2.16. The molecule has 2 aromatic rings. The molecule has 0 aliphatic rings. The van der Waals surface area contributed by atoms with Crippen LogP contribution in [0.4, 0.5) is 5.69 Å². The van der Waals surface area contributed by atoms with E-state index in [2.05, 4.69) is 5.32 Å². The summed E-state index contributed by atoms with van der Waals surface area (Å²) in [5, 5.41) is 3.42. The number of hydrogen-bond acceptors (Lipinski definition) is 2. The zero-order chi connectivity index (χ0) is 14.4. The van der Waals surface area contributed by atoms with E-state index in [1.165, 1.54) is 11.0 Å². The number of halogens is 1. The molecule has 20 heavy (non-hydrogen) atoms. The number of rotatable bonds is 4. The molecule has 0 aliphatic carbocycles. The molecule has 0 aliphatic heterocycles. The van der Waals surface area contributed by atoms with Gasteiger partial charge in [0, 0.05) is 21.7 Å². The predicted octanol–water partition coefficient (Wildman–Crippen LogP) is 4.71. The molecule has 0 atom stereocenters. The zero-order valence-electron chi connectivity index (χ0n) is 11.0. The average molecular weight is 304 g/mol. The highest BCUT2D eigenvalue weighted by Gasteiger charge is 1.98. The van der Waals surface area contributed by atoms with E-state index in [1.807, 2.05) is 30.5 Å². The van der Waals surface area contributed by atoms with Crippen molar-refractivity contribution in [3.63, 3.8) is 0 Å². The molecule has 0 bridgehead atoms. The fourth-order valence-corrected chi connectivity index (χ4v) is 2.14. The Morgan fingerprint density at radius 3 is 2.35 bits per heavy atom. The van der Waals surface area contributed by atoms with E-state index in [1.54, 1.807) is 42.1 Å². The van der Waals surface area contributed by atoms with E-state index in [0.717, 1.165) is 11.3 Å². The van der Waals surface area contributed by atoms with Gasteiger partial charge in [0.2, 0.25) is 5.91 Å². The number of benzene rings is 2. The predicted molar refractivity (Wildman–Crippen MR) is 87.3 cm³/mol. The standard InChI is InChI=1S/C16H14ClNOS/c1-20-15-9-2-12(3-10-15)4-11-16(19)18-14-7-5-13(17)6-8-14/h2-11H,1H3,(H,18,19)/b11-4+. The highest BCUT2D eigenvalue weighted by atomic mass is 35.5. The Hall–Kier alpha value is -1.71. The van der Waals surface area contributed by atoms with Crippen molar-refractivity contribution in [2.24, 2.45) is 0 Å². The normalized spacial score (nSPS) is 10.7. The van der Waals surface area contributed by atoms with E-state index < -0.39 is 0 Å². The first-order valence-electron chi connectivity index (χ1n) is 6.06. The number of hydrogen-bond donors (Lipinski definition) is 1. The summed E-state index contributed by atoms with van der Waals surface area (Å²) in [7, 11) is 0. The lowest BCUT2D eigenvalue weighted by molar-refractivity contribution is -0.111. The van der Waals surface area contributed by atoms with Crippen molar-refractivity contribution in [3.8, 4) is 0 Å². The van der Waals surface area contributed by atoms with Gasteiger partial charge in [0.15, 0.2) is 0 Å². The number of amides is 1. The number of carbonyl (C=O) groups excluding carboxylic acids is 1. The van der Waals surface area contributed by atoms with Crippen LogP contribution in [0.2, 0.25) is 5.02 Å². The molecule has 0 saturated carbocycles. The van der Waals surface area contributed by atoms with E-state index in [4.69, 9.17) is 11.6 Å². The smallest absolute Gasteiger partial charge is 0.248 e. The zero-order valence-corrected chi connectivity index (χ0v) is 12.5. The van der Waals surface area contributed by atoms with Crippen LogP contribution in [0.1, 0.15) is 5.56 Å². The van der Waals surface area contributed by atoms with Crippen LogP contribution >= 0.6 is 23.4 Å². The molecule has 1 amide bonds. The van der Waals surface area contributed by atoms with Gasteiger partial charge in [0.25, 0.3) is 0 Å². The SMILES string of the molecule is CSc1ccc(/C=C/C(=O)Nc2ccc(Cl)cc2)cc1. The van der Waals surface area contributed by atoms with Crippen LogP contribution in [0.3, 0.4) is 0 Å². The summed E-state index contributed by atoms with van der Waals surface area (Å²) >= 11 is 7.48. The highest BCUT2D eigenvalue weighted by molar-refractivity contribution is 7.98. The average Bonchev–Trinajstić information content (AvgIpc) is 2.48. The minimum atomic E-state index is -0.165. The van der Waals surface area contributed by atoms with E-state index in [-0.39, 0.29) is 5.91 Å². The molecule has 0 fully saturated rings. The third-order valence-electron chi connectivity index (χ3n) is 2.65. The summed E-state index contributed by atoms with van der Waals surface area (Å²) in [6.45, 7) is 0. The van der Waals surface area contributed by atoms with Gasteiger partial charge in [-0.3, -0.25) is 4.79 Å². The molecule has 0 heterocycles. The Balaban J connectivity index is 1.96. The Bertz CT molecular complexity index is 605. The van der Waals surface area contributed by atoms with Crippen LogP contribution < -0.4 is 5.32 Å². The maximum Gasteiger partial charge on any atom is 0.248 e. The number of carbonyl (C=O) groups is 1. The molecule has 102 valence electrons. The van der Waals surface area contributed by atoms with Crippen molar-refractivity contribution in [3.05, 3.63) is 65.2 Å². The molecule has 0 aromatic heterocycles. The van der Waals surface area contributed by atoms with Crippen LogP contribution in [0.15, 0.2) is 59.5 Å². The molecular weight excluding hydrogens is 290 g/mol. The van der Waals surface area contributed by atoms with Gasteiger partial charge in [-0.25, -0.2) is 0 Å². The van der Waals surface area contributed by atoms with Gasteiger partial charge in [0.05, 0.1) is 0 Å². The fourth-order valence-electron chi connectivity index (χ4n) is 1.60. The lowest BCUT2D eigenvalue weighted by Gasteiger charge is -2.01. The topological polar surface area (TPSA) is 29.1 Å². The van der Waals surface area contributed by atoms with Crippen molar-refractivity contribution < 1.29 is 4.79 Å². The Morgan fingerprint density at radius 2 is 1.75 bits per heavy atom. The van der Waals surface area contributed by atoms with E-state index in [0.29, 0.717) is 5.02 Å². The Labute approximate surface area is 127 Å². The Morgan fingerprint density at radius 1 is 1.10 bits per heavy atom. The minimum absolute atomic E-state index is 0.165. The summed E-state index contributed by atoms with van der Waals surface area (Å²) in [6, 6.07) is 15.0. The van der Waals surface area contributed by atoms with Crippen LogP contribution in [-0.2, 0) is 4.79 Å². The molecule has 4 heteroatoms. The maximum absolute atomic E-state index is 11.8. The first-order valence-corrected chi connectivity index (χ1v) is 7.66. The molecule has 0 spiro atoms. The van der Waals surface area contributed by atoms with Gasteiger partial charge in [-0.05, 0) is 54.3 Å². The second kappa shape index (κ2) is 7.17. The summed E-state index contributed by atoms with van der Waals surface area (Å²) in [5.41, 5.74) is 1.72. The van der Waals surface area contributed by atoms with Crippen LogP contribution in [0.25, 0.3) is 6.08 Å². The van der Waals surface area contributed by atoms with Crippen LogP contribution in [0, 0.1) is 0 Å². The number of thioether (sulfide) groups is 1. The monoisotopic (exact) mass is 303 g/mol. The van der Waals surface area contributed by atoms with Crippen LogP contribution in [-0.4, -0.2) is 12.2 Å². The third-order valence-corrected chi connectivity index (χ3v) is 3.65. The molecule has 2 rings (SSSR count). The third kappa shape index (κ3) is 4.44. The fraction of sp³-hybridized carbons (Fsp3) is 0.0625. The molecule has 0 unspecified atom stereocenters. The van der Waals surface area contributed by atoms with Crippen molar-refractivity contribution in [1.82, 2.24) is 0 Å². The largest absolute Gasteiger partial charge is 0.323 e. The van der Waals surface area contributed by atoms with Crippen molar-refractivity contribution in [1.29, 1.82) is 0 Å². The maximum atomic E-state index is 11.8. The molecule has 2 aromatic carbocycles. The summed E-state index contributed by atoms with van der Waals surface area (Å²) in [4.78, 5) is 13.0. The number of anilines is 1. The second-order valence-corrected chi connectivity index (χ2v) is 5.42. The Kier molecular flexibility index (Phi) is 5.27. The molecule has 0 saturated heterocycles. The quantitative estimate of drug-likeness (QED) is 0.654. The minimum Gasteiger partial charge on any atom is -0.323 e. The second-order valence-electron chi connectivity index (χ2n) is 4.10. The molecule has 2 nitrogen and oxygen atoms in total. The number of nitrogens with one attached hydrogen (secondary N) is 1. The van der Waals surface area contributed by atoms with Gasteiger partial charge >= 0.3 is 0 Å².